The van der Waals surface area contributed by atoms with Crippen LogP contribution in [0.4, 0.5) is 8.78 Å². The molecule has 4 rings (SSSR count). The number of fused-ring (bicyclic) bond motifs is 2. The van der Waals surface area contributed by atoms with Crippen LogP contribution in [0.25, 0.3) is 32.7 Å². The zero-order valence-corrected chi connectivity index (χ0v) is 12.6. The van der Waals surface area contributed by atoms with E-state index in [4.69, 9.17) is 0 Å². The first-order chi connectivity index (χ1) is 11.7. The average Bonchev–Trinajstić information content (AvgIpc) is 2.62. The number of halogens is 2. The molecule has 0 amide bonds. The summed E-state index contributed by atoms with van der Waals surface area (Å²) < 4.78 is 27.1. The summed E-state index contributed by atoms with van der Waals surface area (Å²) in [6.45, 7) is 0. The summed E-state index contributed by atoms with van der Waals surface area (Å²) in [5.74, 6) is -1.76. The van der Waals surface area contributed by atoms with Crippen LogP contribution in [-0.4, -0.2) is 0 Å². The lowest BCUT2D eigenvalue weighted by molar-refractivity contribution is 0.509. The lowest BCUT2D eigenvalue weighted by Crippen LogP contribution is -1.91. The van der Waals surface area contributed by atoms with Crippen molar-refractivity contribution in [1.29, 1.82) is 5.26 Å². The summed E-state index contributed by atoms with van der Waals surface area (Å²) in [7, 11) is 0. The first kappa shape index (κ1) is 14.3. The fourth-order valence-electron chi connectivity index (χ4n) is 3.21. The molecule has 0 aliphatic carbocycles. The predicted octanol–water partition coefficient (Wildman–Crippen LogP) is 5.81. The molecule has 0 fully saturated rings. The number of nitrogens with zero attached hydrogens (tertiary/aromatic N) is 1. The van der Waals surface area contributed by atoms with E-state index < -0.39 is 11.6 Å². The van der Waals surface area contributed by atoms with Crippen LogP contribution < -0.4 is 0 Å². The first-order valence-electron chi connectivity index (χ1n) is 7.49. The number of hydrogen-bond acceptors (Lipinski definition) is 1. The van der Waals surface area contributed by atoms with Gasteiger partial charge in [0.1, 0.15) is 6.07 Å². The molecular formula is C21H11F2N. The Bertz CT molecular complexity index is 1080. The van der Waals surface area contributed by atoms with E-state index >= 15 is 0 Å². The smallest absolute Gasteiger partial charge is 0.159 e. The van der Waals surface area contributed by atoms with Crippen molar-refractivity contribution >= 4 is 21.5 Å². The Balaban J connectivity index is 2.25. The van der Waals surface area contributed by atoms with Crippen LogP contribution in [0, 0.1) is 23.0 Å². The van der Waals surface area contributed by atoms with Crippen molar-refractivity contribution in [3.8, 4) is 17.2 Å². The highest BCUT2D eigenvalue weighted by Crippen LogP contribution is 2.39. The lowest BCUT2D eigenvalue weighted by Gasteiger charge is -2.14. The Morgan fingerprint density at radius 1 is 0.667 bits per heavy atom. The molecule has 4 aromatic carbocycles. The van der Waals surface area contributed by atoms with Crippen LogP contribution in [0.1, 0.15) is 5.56 Å². The van der Waals surface area contributed by atoms with Crippen LogP contribution >= 0.6 is 0 Å². The molecule has 0 atom stereocenters. The van der Waals surface area contributed by atoms with Crippen LogP contribution in [-0.2, 0) is 0 Å². The van der Waals surface area contributed by atoms with Gasteiger partial charge in [0.15, 0.2) is 11.6 Å². The van der Waals surface area contributed by atoms with Crippen molar-refractivity contribution in [2.75, 3.05) is 0 Å². The van der Waals surface area contributed by atoms with Gasteiger partial charge >= 0.3 is 0 Å². The van der Waals surface area contributed by atoms with E-state index in [1.807, 2.05) is 48.5 Å². The highest BCUT2D eigenvalue weighted by molar-refractivity contribution is 6.16. The molecule has 1 nitrogen and oxygen atoms in total. The molecule has 0 saturated carbocycles. The Morgan fingerprint density at radius 2 is 1.21 bits per heavy atom. The molecule has 0 unspecified atom stereocenters. The molecule has 0 spiro atoms. The summed E-state index contributed by atoms with van der Waals surface area (Å²) in [4.78, 5) is 0. The van der Waals surface area contributed by atoms with Crippen molar-refractivity contribution in [2.24, 2.45) is 0 Å². The third kappa shape index (κ3) is 2.04. The highest BCUT2D eigenvalue weighted by Gasteiger charge is 2.15. The number of rotatable bonds is 1. The number of nitriles is 1. The van der Waals surface area contributed by atoms with Gasteiger partial charge in [-0.25, -0.2) is 8.78 Å². The minimum Gasteiger partial charge on any atom is -0.204 e. The number of hydrogen-bond donors (Lipinski definition) is 0. The molecule has 0 N–H and O–H groups in total. The third-order valence-electron chi connectivity index (χ3n) is 4.25. The monoisotopic (exact) mass is 315 g/mol. The van der Waals surface area contributed by atoms with Gasteiger partial charge in [-0.05, 0) is 34.0 Å². The van der Waals surface area contributed by atoms with E-state index in [0.717, 1.165) is 33.2 Å². The van der Waals surface area contributed by atoms with Crippen LogP contribution in [0.5, 0.6) is 0 Å². The van der Waals surface area contributed by atoms with Gasteiger partial charge in [-0.2, -0.15) is 5.26 Å². The van der Waals surface area contributed by atoms with Crippen molar-refractivity contribution in [3.05, 3.63) is 83.9 Å². The van der Waals surface area contributed by atoms with Gasteiger partial charge in [0, 0.05) is 10.8 Å². The van der Waals surface area contributed by atoms with E-state index in [1.54, 1.807) is 6.07 Å². The second kappa shape index (κ2) is 5.43. The third-order valence-corrected chi connectivity index (χ3v) is 4.25. The predicted molar refractivity (Wildman–Crippen MR) is 91.5 cm³/mol. The summed E-state index contributed by atoms with van der Waals surface area (Å²) in [5, 5.41) is 12.9. The molecule has 24 heavy (non-hydrogen) atoms. The zero-order chi connectivity index (χ0) is 16.7. The quantitative estimate of drug-likeness (QED) is 0.407. The summed E-state index contributed by atoms with van der Waals surface area (Å²) in [6, 6.07) is 21.2. The minimum absolute atomic E-state index is 0.589. The SMILES string of the molecule is N#Cc1c2ccccc2c(-c2ccc(F)c(F)c2)c2ccccc12. The van der Waals surface area contributed by atoms with E-state index in [1.165, 1.54) is 6.07 Å². The van der Waals surface area contributed by atoms with Crippen molar-refractivity contribution in [1.82, 2.24) is 0 Å². The molecule has 0 aliphatic rings. The van der Waals surface area contributed by atoms with Crippen LogP contribution in [0.2, 0.25) is 0 Å². The maximum Gasteiger partial charge on any atom is 0.159 e. The van der Waals surface area contributed by atoms with Crippen molar-refractivity contribution in [2.45, 2.75) is 0 Å². The van der Waals surface area contributed by atoms with Gasteiger partial charge in [0.2, 0.25) is 0 Å². The first-order valence-corrected chi connectivity index (χ1v) is 7.49. The van der Waals surface area contributed by atoms with E-state index in [2.05, 4.69) is 6.07 Å². The van der Waals surface area contributed by atoms with Gasteiger partial charge < -0.3 is 0 Å². The van der Waals surface area contributed by atoms with Crippen molar-refractivity contribution < 1.29 is 8.78 Å². The van der Waals surface area contributed by atoms with Gasteiger partial charge in [0.25, 0.3) is 0 Å². The molecule has 0 aromatic heterocycles. The molecule has 0 heterocycles. The van der Waals surface area contributed by atoms with Crippen molar-refractivity contribution in [3.63, 3.8) is 0 Å². The fraction of sp³-hybridized carbons (Fsp3) is 0. The normalized spacial score (nSPS) is 10.9. The van der Waals surface area contributed by atoms with Gasteiger partial charge in [-0.15, -0.1) is 0 Å². The molecule has 0 radical (unpaired) electrons. The number of benzene rings is 4. The molecular weight excluding hydrogens is 304 g/mol. The van der Waals surface area contributed by atoms with E-state index in [9.17, 15) is 14.0 Å². The van der Waals surface area contributed by atoms with Crippen LogP contribution in [0.15, 0.2) is 66.7 Å². The minimum atomic E-state index is -0.884. The topological polar surface area (TPSA) is 23.8 Å². The summed E-state index contributed by atoms with van der Waals surface area (Å²) >= 11 is 0. The standard InChI is InChI=1S/C21H11F2N/c22-19-10-9-13(11-20(19)23)21-16-7-3-1-5-14(16)18(12-24)15-6-2-4-8-17(15)21/h1-11H. The highest BCUT2D eigenvalue weighted by atomic mass is 19.2. The molecule has 0 bridgehead atoms. The fourth-order valence-corrected chi connectivity index (χ4v) is 3.21. The molecule has 0 saturated heterocycles. The van der Waals surface area contributed by atoms with Gasteiger partial charge in [-0.1, -0.05) is 54.6 Å². The summed E-state index contributed by atoms with van der Waals surface area (Å²) in [5.41, 5.74) is 1.98. The molecule has 0 aliphatic heterocycles. The Kier molecular flexibility index (Phi) is 3.25. The molecule has 3 heteroatoms. The van der Waals surface area contributed by atoms with E-state index in [-0.39, 0.29) is 0 Å². The lowest BCUT2D eigenvalue weighted by atomic mass is 9.89. The zero-order valence-electron chi connectivity index (χ0n) is 12.6. The largest absolute Gasteiger partial charge is 0.204 e. The second-order valence-corrected chi connectivity index (χ2v) is 5.58. The summed E-state index contributed by atoms with van der Waals surface area (Å²) in [6.07, 6.45) is 0. The maximum atomic E-state index is 13.8. The maximum absolute atomic E-state index is 13.8. The van der Waals surface area contributed by atoms with Gasteiger partial charge in [-0.3, -0.25) is 0 Å². The Hall–Kier alpha value is -3.25. The second-order valence-electron chi connectivity index (χ2n) is 5.58. The molecule has 4 aromatic rings. The average molecular weight is 315 g/mol. The Labute approximate surface area is 137 Å². The Morgan fingerprint density at radius 3 is 1.71 bits per heavy atom. The molecule has 114 valence electrons. The van der Waals surface area contributed by atoms with Crippen LogP contribution in [0.3, 0.4) is 0 Å². The van der Waals surface area contributed by atoms with Gasteiger partial charge in [0.05, 0.1) is 5.56 Å². The van der Waals surface area contributed by atoms with E-state index in [0.29, 0.717) is 11.1 Å².